The number of ketones is 1. The van der Waals surface area contributed by atoms with E-state index in [4.69, 9.17) is 16.6 Å². The molecule has 1 aromatic heterocycles. The predicted octanol–water partition coefficient (Wildman–Crippen LogP) is 6.71. The van der Waals surface area contributed by atoms with Crippen molar-refractivity contribution in [3.63, 3.8) is 0 Å². The fourth-order valence-electron chi connectivity index (χ4n) is 3.73. The van der Waals surface area contributed by atoms with Gasteiger partial charge in [-0.3, -0.25) is 14.4 Å². The molecule has 38 heavy (non-hydrogen) atoms. The number of aromatic nitrogens is 2. The highest BCUT2D eigenvalue weighted by Gasteiger charge is 2.20. The van der Waals surface area contributed by atoms with E-state index < -0.39 is 11.5 Å². The maximum Gasteiger partial charge on any atom is 0.282 e. The molecule has 0 bridgehead atoms. The van der Waals surface area contributed by atoms with Gasteiger partial charge in [-0.05, 0) is 71.7 Å². The molecule has 0 spiro atoms. The number of hydrogen-bond acceptors (Lipinski definition) is 5. The molecule has 1 heterocycles. The number of nitrogens with one attached hydrogen (secondary N) is 1. The zero-order valence-corrected chi connectivity index (χ0v) is 24.3. The lowest BCUT2D eigenvalue weighted by atomic mass is 10.1. The first-order valence-electron chi connectivity index (χ1n) is 11.4. The van der Waals surface area contributed by atoms with E-state index in [9.17, 15) is 14.4 Å². The molecule has 0 saturated carbocycles. The van der Waals surface area contributed by atoms with Crippen LogP contribution >= 0.6 is 43.5 Å². The smallest absolute Gasteiger partial charge is 0.282 e. The van der Waals surface area contributed by atoms with Crippen molar-refractivity contribution in [1.82, 2.24) is 15.0 Å². The van der Waals surface area contributed by atoms with Crippen molar-refractivity contribution in [2.45, 2.75) is 20.3 Å². The van der Waals surface area contributed by atoms with Crippen LogP contribution in [-0.2, 0) is 4.79 Å². The highest BCUT2D eigenvalue weighted by molar-refractivity contribution is 9.11. The Hall–Kier alpha value is -3.40. The van der Waals surface area contributed by atoms with E-state index in [0.717, 1.165) is 4.68 Å². The fourth-order valence-corrected chi connectivity index (χ4v) is 5.23. The summed E-state index contributed by atoms with van der Waals surface area (Å²) in [5.41, 5.74) is 1.51. The molecule has 0 saturated heterocycles. The second-order valence-corrected chi connectivity index (χ2v) is 10.6. The summed E-state index contributed by atoms with van der Waals surface area (Å²) in [5, 5.41) is 8.07. The molecule has 192 valence electrons. The molecule has 3 aromatic carbocycles. The second kappa shape index (κ2) is 12.0. The lowest BCUT2D eigenvalue weighted by Crippen LogP contribution is -2.29. The standard InChI is InChI=1S/C28H21Br2ClN4O3/c1-16(12-17(2)36)34-35-26(33-25-21(28(35)38)14-20(29)15-22(25)30)24(13-19-10-6-7-11-23(19)31)32-27(37)18-8-4-3-5-9-18/h3-11,13-15H,12H2,1-2H3,(H,32,37)/b24-13-,34-16+. The Bertz CT molecular complexity index is 1680. The minimum atomic E-state index is -0.478. The summed E-state index contributed by atoms with van der Waals surface area (Å²) in [5.74, 6) is -0.453. The van der Waals surface area contributed by atoms with Gasteiger partial charge >= 0.3 is 0 Å². The Morgan fingerprint density at radius 3 is 2.42 bits per heavy atom. The monoisotopic (exact) mass is 654 g/mol. The maximum absolute atomic E-state index is 13.8. The largest absolute Gasteiger partial charge is 0.319 e. The lowest BCUT2D eigenvalue weighted by molar-refractivity contribution is -0.115. The Balaban J connectivity index is 2.03. The molecule has 1 amide bonds. The van der Waals surface area contributed by atoms with Crippen LogP contribution in [0.15, 0.2) is 85.6 Å². The number of amides is 1. The van der Waals surface area contributed by atoms with Crippen LogP contribution in [0.2, 0.25) is 5.02 Å². The Labute approximate surface area is 240 Å². The number of hydrogen-bond donors (Lipinski definition) is 1. The summed E-state index contributed by atoms with van der Waals surface area (Å²) in [6.07, 6.45) is 1.68. The van der Waals surface area contributed by atoms with Gasteiger partial charge in [-0.1, -0.05) is 63.9 Å². The van der Waals surface area contributed by atoms with Crippen LogP contribution in [-0.4, -0.2) is 27.1 Å². The minimum Gasteiger partial charge on any atom is -0.319 e. The zero-order chi connectivity index (χ0) is 27.4. The predicted molar refractivity (Wildman–Crippen MR) is 158 cm³/mol. The highest BCUT2D eigenvalue weighted by atomic mass is 79.9. The van der Waals surface area contributed by atoms with Gasteiger partial charge in [-0.15, -0.1) is 0 Å². The highest BCUT2D eigenvalue weighted by Crippen LogP contribution is 2.28. The average Bonchev–Trinajstić information content (AvgIpc) is 2.87. The van der Waals surface area contributed by atoms with Gasteiger partial charge in [-0.2, -0.15) is 9.78 Å². The summed E-state index contributed by atoms with van der Waals surface area (Å²) in [7, 11) is 0. The number of nitrogens with zero attached hydrogens (tertiary/aromatic N) is 3. The van der Waals surface area contributed by atoms with Crippen LogP contribution in [0, 0.1) is 0 Å². The molecule has 7 nitrogen and oxygen atoms in total. The summed E-state index contributed by atoms with van der Waals surface area (Å²) < 4.78 is 2.35. The van der Waals surface area contributed by atoms with Crippen LogP contribution in [0.3, 0.4) is 0 Å². The van der Waals surface area contributed by atoms with Gasteiger partial charge in [0.05, 0.1) is 16.6 Å². The van der Waals surface area contributed by atoms with Gasteiger partial charge in [0, 0.05) is 31.7 Å². The van der Waals surface area contributed by atoms with E-state index in [1.54, 1.807) is 73.7 Å². The van der Waals surface area contributed by atoms with E-state index in [0.29, 0.717) is 41.7 Å². The molecule has 4 aromatic rings. The molecule has 0 aliphatic heterocycles. The van der Waals surface area contributed by atoms with Gasteiger partial charge in [0.15, 0.2) is 5.82 Å². The van der Waals surface area contributed by atoms with E-state index in [1.807, 2.05) is 6.07 Å². The van der Waals surface area contributed by atoms with Crippen LogP contribution in [0.5, 0.6) is 0 Å². The summed E-state index contributed by atoms with van der Waals surface area (Å²) in [4.78, 5) is 43.5. The SMILES string of the molecule is CC(=O)C/C(C)=N/n1c(/C(=C/c2ccccc2Cl)NC(=O)c2ccccc2)nc2c(Br)cc(Br)cc2c1=O. The van der Waals surface area contributed by atoms with Gasteiger partial charge in [0.2, 0.25) is 0 Å². The van der Waals surface area contributed by atoms with Gasteiger partial charge < -0.3 is 5.32 Å². The quantitative estimate of drug-likeness (QED) is 0.224. The van der Waals surface area contributed by atoms with Crippen LogP contribution in [0.1, 0.15) is 42.0 Å². The molecule has 0 atom stereocenters. The molecule has 0 fully saturated rings. The third-order valence-electron chi connectivity index (χ3n) is 5.37. The zero-order valence-electron chi connectivity index (χ0n) is 20.3. The minimum absolute atomic E-state index is 0.0477. The number of benzene rings is 3. The number of rotatable bonds is 7. The Kier molecular flexibility index (Phi) is 8.71. The summed E-state index contributed by atoms with van der Waals surface area (Å²) >= 11 is 13.3. The first kappa shape index (κ1) is 27.6. The maximum atomic E-state index is 13.8. The summed E-state index contributed by atoms with van der Waals surface area (Å²) in [6, 6.07) is 19.2. The van der Waals surface area contributed by atoms with Crippen LogP contribution in [0.4, 0.5) is 0 Å². The summed E-state index contributed by atoms with van der Waals surface area (Å²) in [6.45, 7) is 3.09. The molecule has 0 unspecified atom stereocenters. The Morgan fingerprint density at radius 1 is 1.05 bits per heavy atom. The van der Waals surface area contributed by atoms with Crippen molar-refractivity contribution < 1.29 is 9.59 Å². The van der Waals surface area contributed by atoms with Crippen LogP contribution < -0.4 is 10.9 Å². The average molecular weight is 657 g/mol. The van der Waals surface area contributed by atoms with Crippen molar-refractivity contribution in [1.29, 1.82) is 0 Å². The third-order valence-corrected chi connectivity index (χ3v) is 6.78. The number of halogens is 3. The molecule has 4 rings (SSSR count). The lowest BCUT2D eigenvalue weighted by Gasteiger charge is -2.16. The molecule has 0 aliphatic carbocycles. The third kappa shape index (κ3) is 6.35. The van der Waals surface area contributed by atoms with Gasteiger partial charge in [0.1, 0.15) is 5.78 Å². The van der Waals surface area contributed by atoms with Crippen molar-refractivity contribution in [2.75, 3.05) is 0 Å². The topological polar surface area (TPSA) is 93.4 Å². The first-order chi connectivity index (χ1) is 18.1. The van der Waals surface area contributed by atoms with E-state index in [1.165, 1.54) is 6.92 Å². The number of Topliss-reactive ketones (excluding diaryl/α,β-unsaturated/α-hetero) is 1. The molecular weight excluding hydrogens is 636 g/mol. The molecule has 0 aliphatic rings. The fraction of sp³-hybridized carbons (Fsp3) is 0.107. The second-order valence-electron chi connectivity index (χ2n) is 8.45. The number of carbonyl (C=O) groups excluding carboxylic acids is 2. The molecule has 10 heteroatoms. The van der Waals surface area contributed by atoms with Crippen molar-refractivity contribution in [3.05, 3.63) is 108 Å². The normalized spacial score (nSPS) is 12.0. The molecule has 1 N–H and O–H groups in total. The molecular formula is C28H21Br2ClN4O3. The molecule has 0 radical (unpaired) electrons. The van der Waals surface area contributed by atoms with Crippen molar-refractivity contribution in [3.8, 4) is 0 Å². The van der Waals surface area contributed by atoms with E-state index >= 15 is 0 Å². The number of carbonyl (C=O) groups is 2. The van der Waals surface area contributed by atoms with Crippen molar-refractivity contribution >= 4 is 83.5 Å². The van der Waals surface area contributed by atoms with Gasteiger partial charge in [0.25, 0.3) is 11.5 Å². The number of fused-ring (bicyclic) bond motifs is 1. The van der Waals surface area contributed by atoms with Crippen molar-refractivity contribution in [2.24, 2.45) is 5.10 Å². The van der Waals surface area contributed by atoms with Gasteiger partial charge in [-0.25, -0.2) is 4.98 Å². The first-order valence-corrected chi connectivity index (χ1v) is 13.4. The van der Waals surface area contributed by atoms with E-state index in [-0.39, 0.29) is 23.7 Å². The van der Waals surface area contributed by atoms with E-state index in [2.05, 4.69) is 42.3 Å². The Morgan fingerprint density at radius 2 is 1.74 bits per heavy atom. The van der Waals surface area contributed by atoms with Crippen LogP contribution in [0.25, 0.3) is 22.7 Å².